The van der Waals surface area contributed by atoms with Gasteiger partial charge in [-0.3, -0.25) is 14.9 Å². The van der Waals surface area contributed by atoms with Crippen LogP contribution in [0.5, 0.6) is 0 Å². The van der Waals surface area contributed by atoms with Gasteiger partial charge in [0.15, 0.2) is 6.10 Å². The molecule has 27 heavy (non-hydrogen) atoms. The monoisotopic (exact) mass is 397 g/mol. The molecule has 10 heteroatoms. The third kappa shape index (κ3) is 5.04. The maximum Gasteiger partial charge on any atom is 0.325 e. The molecule has 0 aromatic heterocycles. The number of benzene rings is 1. The van der Waals surface area contributed by atoms with Gasteiger partial charge in [-0.05, 0) is 45.2 Å². The quantitative estimate of drug-likeness (QED) is 0.701. The molecular weight excluding hydrogens is 374 g/mol. The van der Waals surface area contributed by atoms with Gasteiger partial charge in [0.25, 0.3) is 5.91 Å². The summed E-state index contributed by atoms with van der Waals surface area (Å²) in [4.78, 5) is 35.0. The van der Waals surface area contributed by atoms with E-state index < -0.39 is 40.1 Å². The largest absolute Gasteiger partial charge is 0.451 e. The average Bonchev–Trinajstić information content (AvgIpc) is 2.61. The summed E-state index contributed by atoms with van der Waals surface area (Å²) < 4.78 is 32.1. The van der Waals surface area contributed by atoms with E-state index in [9.17, 15) is 22.8 Å². The minimum atomic E-state index is -3.89. The molecular formula is C17H23N3O6S. The molecule has 1 aromatic carbocycles. The van der Waals surface area contributed by atoms with E-state index in [1.54, 1.807) is 12.1 Å². The normalized spacial score (nSPS) is 19.1. The number of urea groups is 1. The third-order valence-corrected chi connectivity index (χ3v) is 6.18. The first kappa shape index (κ1) is 20.8. The lowest BCUT2D eigenvalue weighted by Crippen LogP contribution is -2.50. The standard InChI is InChI=1S/C17H23N3O6S/c1-11-6-8-13(9-7-11)27(24,25)20-10-4-3-5-14(20)16(22)26-12(2)15(21)19-17(18)23/h6-9,12,14H,3-5,10H2,1-2H3,(H3,18,19,21,23)/t12-,14+/m0/s1. The fourth-order valence-corrected chi connectivity index (χ4v) is 4.45. The van der Waals surface area contributed by atoms with Crippen LogP contribution in [0.15, 0.2) is 29.2 Å². The van der Waals surface area contributed by atoms with E-state index in [4.69, 9.17) is 10.5 Å². The lowest BCUT2D eigenvalue weighted by molar-refractivity contribution is -0.159. The van der Waals surface area contributed by atoms with E-state index in [0.29, 0.717) is 12.8 Å². The summed E-state index contributed by atoms with van der Waals surface area (Å²) in [5.41, 5.74) is 5.77. The van der Waals surface area contributed by atoms with Gasteiger partial charge >= 0.3 is 12.0 Å². The van der Waals surface area contributed by atoms with Crippen LogP contribution in [0.1, 0.15) is 31.7 Å². The van der Waals surface area contributed by atoms with Gasteiger partial charge in [0.2, 0.25) is 10.0 Å². The Morgan fingerprint density at radius 2 is 1.85 bits per heavy atom. The van der Waals surface area contributed by atoms with Crippen LogP contribution in [-0.4, -0.2) is 49.3 Å². The number of ether oxygens (including phenoxy) is 1. The van der Waals surface area contributed by atoms with Crippen LogP contribution < -0.4 is 11.1 Å². The Morgan fingerprint density at radius 1 is 1.22 bits per heavy atom. The molecule has 1 saturated heterocycles. The Morgan fingerprint density at radius 3 is 2.44 bits per heavy atom. The number of hydrogen-bond acceptors (Lipinski definition) is 6. The number of sulfonamides is 1. The van der Waals surface area contributed by atoms with Crippen molar-refractivity contribution < 1.29 is 27.5 Å². The average molecular weight is 397 g/mol. The summed E-state index contributed by atoms with van der Waals surface area (Å²) in [6.07, 6.45) is 0.276. The number of hydrogen-bond donors (Lipinski definition) is 2. The maximum absolute atomic E-state index is 13.0. The van der Waals surface area contributed by atoms with E-state index in [1.165, 1.54) is 19.1 Å². The molecule has 1 heterocycles. The highest BCUT2D eigenvalue weighted by molar-refractivity contribution is 7.89. The van der Waals surface area contributed by atoms with Crippen LogP contribution >= 0.6 is 0 Å². The zero-order chi connectivity index (χ0) is 20.2. The van der Waals surface area contributed by atoms with Crippen LogP contribution in [0.4, 0.5) is 4.79 Å². The molecule has 0 aliphatic carbocycles. The molecule has 9 nitrogen and oxygen atoms in total. The van der Waals surface area contributed by atoms with Crippen LogP contribution in [0.25, 0.3) is 0 Å². The van der Waals surface area contributed by atoms with Crippen molar-refractivity contribution in [2.75, 3.05) is 6.54 Å². The third-order valence-electron chi connectivity index (χ3n) is 4.26. The summed E-state index contributed by atoms with van der Waals surface area (Å²) in [5.74, 6) is -1.71. The second-order valence-electron chi connectivity index (χ2n) is 6.37. The number of esters is 1. The summed E-state index contributed by atoms with van der Waals surface area (Å²) >= 11 is 0. The smallest absolute Gasteiger partial charge is 0.325 e. The Hall–Kier alpha value is -2.46. The van der Waals surface area contributed by atoms with Gasteiger partial charge in [0, 0.05) is 6.54 Å². The number of amides is 3. The van der Waals surface area contributed by atoms with Crippen molar-refractivity contribution in [2.45, 2.75) is 50.2 Å². The zero-order valence-corrected chi connectivity index (χ0v) is 16.0. The number of nitrogens with zero attached hydrogens (tertiary/aromatic N) is 1. The molecule has 1 aromatic rings. The molecule has 0 bridgehead atoms. The van der Waals surface area contributed by atoms with Crippen LogP contribution in [0, 0.1) is 6.92 Å². The van der Waals surface area contributed by atoms with Crippen LogP contribution in [0.2, 0.25) is 0 Å². The SMILES string of the molecule is Cc1ccc(S(=O)(=O)N2CCCC[C@@H]2C(=O)O[C@@H](C)C(=O)NC(N)=O)cc1. The van der Waals surface area contributed by atoms with Gasteiger partial charge in [0.05, 0.1) is 4.90 Å². The van der Waals surface area contributed by atoms with E-state index in [1.807, 2.05) is 12.2 Å². The highest BCUT2D eigenvalue weighted by Crippen LogP contribution is 2.26. The number of nitrogens with two attached hydrogens (primary N) is 1. The molecule has 3 N–H and O–H groups in total. The molecule has 3 amide bonds. The van der Waals surface area contributed by atoms with Crippen LogP contribution in [-0.2, 0) is 24.3 Å². The Bertz CT molecular complexity index is 822. The number of piperidine rings is 1. The van der Waals surface area contributed by atoms with Crippen molar-refractivity contribution >= 4 is 27.9 Å². The van der Waals surface area contributed by atoms with Crippen LogP contribution in [0.3, 0.4) is 0 Å². The molecule has 1 aliphatic rings. The lowest BCUT2D eigenvalue weighted by Gasteiger charge is -2.33. The number of carbonyl (C=O) groups excluding carboxylic acids is 3. The summed E-state index contributed by atoms with van der Waals surface area (Å²) in [6.45, 7) is 3.30. The first-order valence-electron chi connectivity index (χ1n) is 8.52. The van der Waals surface area contributed by atoms with E-state index in [0.717, 1.165) is 9.87 Å². The molecule has 0 saturated carbocycles. The van der Waals surface area contributed by atoms with Gasteiger partial charge < -0.3 is 10.5 Å². The van der Waals surface area contributed by atoms with Crippen molar-refractivity contribution in [1.29, 1.82) is 0 Å². The minimum absolute atomic E-state index is 0.0901. The number of imide groups is 1. The zero-order valence-electron chi connectivity index (χ0n) is 15.2. The van der Waals surface area contributed by atoms with Crippen molar-refractivity contribution in [1.82, 2.24) is 9.62 Å². The summed E-state index contributed by atoms with van der Waals surface area (Å²) in [5, 5.41) is 1.81. The molecule has 0 spiro atoms. The number of nitrogens with one attached hydrogen (secondary N) is 1. The van der Waals surface area contributed by atoms with Gasteiger partial charge in [-0.15, -0.1) is 0 Å². The Balaban J connectivity index is 2.18. The van der Waals surface area contributed by atoms with Gasteiger partial charge in [-0.1, -0.05) is 17.7 Å². The molecule has 1 aliphatic heterocycles. The van der Waals surface area contributed by atoms with Crippen molar-refractivity contribution in [3.05, 3.63) is 29.8 Å². The van der Waals surface area contributed by atoms with Gasteiger partial charge in [0.1, 0.15) is 6.04 Å². The molecule has 0 unspecified atom stereocenters. The van der Waals surface area contributed by atoms with Crippen molar-refractivity contribution in [3.8, 4) is 0 Å². The first-order valence-corrected chi connectivity index (χ1v) is 9.96. The van der Waals surface area contributed by atoms with Gasteiger partial charge in [-0.2, -0.15) is 4.31 Å². The number of carbonyl (C=O) groups is 3. The highest BCUT2D eigenvalue weighted by Gasteiger charge is 2.39. The van der Waals surface area contributed by atoms with Crippen molar-refractivity contribution in [3.63, 3.8) is 0 Å². The molecule has 1 fully saturated rings. The lowest BCUT2D eigenvalue weighted by atomic mass is 10.1. The molecule has 148 valence electrons. The summed E-state index contributed by atoms with van der Waals surface area (Å²) in [6, 6.07) is 4.24. The minimum Gasteiger partial charge on any atom is -0.451 e. The topological polar surface area (TPSA) is 136 Å². The number of primary amides is 1. The van der Waals surface area contributed by atoms with E-state index >= 15 is 0 Å². The van der Waals surface area contributed by atoms with Crippen molar-refractivity contribution in [2.24, 2.45) is 5.73 Å². The van der Waals surface area contributed by atoms with Gasteiger partial charge in [-0.25, -0.2) is 13.2 Å². The molecule has 0 radical (unpaired) electrons. The highest BCUT2D eigenvalue weighted by atomic mass is 32.2. The number of rotatable bonds is 5. The molecule has 2 atom stereocenters. The fraction of sp³-hybridized carbons (Fsp3) is 0.471. The second-order valence-corrected chi connectivity index (χ2v) is 8.26. The predicted octanol–water partition coefficient (Wildman–Crippen LogP) is 0.665. The Kier molecular flexibility index (Phi) is 6.55. The second kappa shape index (κ2) is 8.49. The maximum atomic E-state index is 13.0. The summed E-state index contributed by atoms with van der Waals surface area (Å²) in [7, 11) is -3.89. The number of aryl methyl sites for hydroxylation is 1. The van der Waals surface area contributed by atoms with E-state index in [2.05, 4.69) is 0 Å². The Labute approximate surface area is 157 Å². The predicted molar refractivity (Wildman–Crippen MR) is 96.0 cm³/mol. The molecule has 2 rings (SSSR count). The fourth-order valence-electron chi connectivity index (χ4n) is 2.80. The van der Waals surface area contributed by atoms with E-state index in [-0.39, 0.29) is 17.9 Å². The first-order chi connectivity index (χ1) is 12.6.